The Morgan fingerprint density at radius 1 is 1.39 bits per heavy atom. The molecular formula is C15H18F3N3O2. The van der Waals surface area contributed by atoms with Crippen molar-refractivity contribution in [3.63, 3.8) is 0 Å². The normalized spacial score (nSPS) is 24.4. The molecule has 1 aromatic rings. The minimum Gasteiger partial charge on any atom is -0.404 e. The van der Waals surface area contributed by atoms with Gasteiger partial charge in [0.25, 0.3) is 0 Å². The Hall–Kier alpha value is -1.83. The second-order valence-electron chi connectivity index (χ2n) is 6.10. The van der Waals surface area contributed by atoms with Gasteiger partial charge in [-0.1, -0.05) is 0 Å². The molecule has 8 heteroatoms. The summed E-state index contributed by atoms with van der Waals surface area (Å²) in [7, 11) is 0. The van der Waals surface area contributed by atoms with E-state index in [-0.39, 0.29) is 30.2 Å². The van der Waals surface area contributed by atoms with Crippen molar-refractivity contribution in [1.29, 1.82) is 0 Å². The lowest BCUT2D eigenvalue weighted by atomic mass is 10.0. The van der Waals surface area contributed by atoms with Crippen molar-refractivity contribution in [1.82, 2.24) is 9.88 Å². The summed E-state index contributed by atoms with van der Waals surface area (Å²) in [6.07, 6.45) is -0.853. The number of aromatic nitrogens is 1. The summed E-state index contributed by atoms with van der Waals surface area (Å²) >= 11 is 0. The summed E-state index contributed by atoms with van der Waals surface area (Å²) < 4.78 is 40.8. The molecule has 0 radical (unpaired) electrons. The third-order valence-corrected chi connectivity index (χ3v) is 4.38. The number of halogens is 3. The monoisotopic (exact) mass is 329 g/mol. The van der Waals surface area contributed by atoms with E-state index in [2.05, 4.69) is 9.72 Å². The van der Waals surface area contributed by atoms with E-state index in [0.717, 1.165) is 19.0 Å². The van der Waals surface area contributed by atoms with Gasteiger partial charge in [-0.15, -0.1) is 13.2 Å². The first kappa shape index (κ1) is 16.0. The molecule has 1 saturated carbocycles. The summed E-state index contributed by atoms with van der Waals surface area (Å²) in [5, 5.41) is 0. The lowest BCUT2D eigenvalue weighted by Crippen LogP contribution is -2.39. The number of carbonyl (C=O) groups excluding carboxylic acids is 1. The lowest BCUT2D eigenvalue weighted by molar-refractivity contribution is -0.274. The maximum atomic E-state index is 12.5. The van der Waals surface area contributed by atoms with E-state index in [1.165, 1.54) is 6.07 Å². The highest BCUT2D eigenvalue weighted by atomic mass is 19.4. The molecule has 2 N–H and O–H groups in total. The molecule has 0 saturated heterocycles. The Bertz CT molecular complexity index is 606. The average molecular weight is 329 g/mol. The van der Waals surface area contributed by atoms with Crippen LogP contribution in [0.15, 0.2) is 12.3 Å². The number of hydrogen-bond donors (Lipinski definition) is 1. The fraction of sp³-hybridized carbons (Fsp3) is 0.600. The highest BCUT2D eigenvalue weighted by Gasteiger charge is 2.34. The number of nitrogens with two attached hydrogens (primary N) is 1. The van der Waals surface area contributed by atoms with Crippen molar-refractivity contribution in [3.8, 4) is 5.75 Å². The SMILES string of the molecule is NC1CCC(C(=O)N2CCc3ncc(OC(F)(F)F)cc3C2)C1. The zero-order valence-electron chi connectivity index (χ0n) is 12.5. The predicted octanol–water partition coefficient (Wildman–Crippen LogP) is 1.99. The van der Waals surface area contributed by atoms with Crippen LogP contribution >= 0.6 is 0 Å². The first-order valence-electron chi connectivity index (χ1n) is 7.60. The van der Waals surface area contributed by atoms with Crippen molar-refractivity contribution < 1.29 is 22.7 Å². The zero-order chi connectivity index (χ0) is 16.6. The molecule has 2 unspecified atom stereocenters. The van der Waals surface area contributed by atoms with Crippen molar-refractivity contribution in [2.45, 2.75) is 44.6 Å². The number of nitrogens with zero attached hydrogens (tertiary/aromatic N) is 2. The average Bonchev–Trinajstić information content (AvgIpc) is 2.90. The number of carbonyl (C=O) groups is 1. The van der Waals surface area contributed by atoms with E-state index in [1.54, 1.807) is 4.90 Å². The van der Waals surface area contributed by atoms with E-state index in [9.17, 15) is 18.0 Å². The lowest BCUT2D eigenvalue weighted by Gasteiger charge is -2.30. The smallest absolute Gasteiger partial charge is 0.404 e. The maximum absolute atomic E-state index is 12.5. The van der Waals surface area contributed by atoms with Gasteiger partial charge in [0.1, 0.15) is 5.75 Å². The van der Waals surface area contributed by atoms with Crippen LogP contribution in [0.2, 0.25) is 0 Å². The second-order valence-corrected chi connectivity index (χ2v) is 6.10. The molecule has 5 nitrogen and oxygen atoms in total. The molecule has 2 atom stereocenters. The summed E-state index contributed by atoms with van der Waals surface area (Å²) in [6.45, 7) is 0.798. The maximum Gasteiger partial charge on any atom is 0.573 e. The number of ether oxygens (including phenoxy) is 1. The molecule has 0 aromatic carbocycles. The number of hydrogen-bond acceptors (Lipinski definition) is 4. The molecule has 3 rings (SSSR count). The summed E-state index contributed by atoms with van der Waals surface area (Å²) in [5.41, 5.74) is 7.16. The molecule has 1 aromatic heterocycles. The van der Waals surface area contributed by atoms with Gasteiger partial charge in [-0.25, -0.2) is 0 Å². The minimum absolute atomic E-state index is 0.0331. The van der Waals surface area contributed by atoms with Crippen LogP contribution < -0.4 is 10.5 Å². The third kappa shape index (κ3) is 3.74. The molecule has 0 spiro atoms. The van der Waals surface area contributed by atoms with Gasteiger partial charge < -0.3 is 15.4 Å². The van der Waals surface area contributed by atoms with Crippen LogP contribution in [0, 0.1) is 5.92 Å². The van der Waals surface area contributed by atoms with E-state index >= 15 is 0 Å². The first-order chi connectivity index (χ1) is 10.8. The molecule has 1 aliphatic heterocycles. The molecule has 2 aliphatic rings. The van der Waals surface area contributed by atoms with Crippen LogP contribution in [0.1, 0.15) is 30.5 Å². The predicted molar refractivity (Wildman–Crippen MR) is 75.4 cm³/mol. The van der Waals surface area contributed by atoms with E-state index in [4.69, 9.17) is 5.73 Å². The number of amides is 1. The Labute approximate surface area is 131 Å². The van der Waals surface area contributed by atoms with Gasteiger partial charge in [0.05, 0.1) is 6.20 Å². The highest BCUT2D eigenvalue weighted by molar-refractivity contribution is 5.79. The number of rotatable bonds is 2. The number of pyridine rings is 1. The van der Waals surface area contributed by atoms with E-state index in [0.29, 0.717) is 30.6 Å². The van der Waals surface area contributed by atoms with Crippen molar-refractivity contribution >= 4 is 5.91 Å². The quantitative estimate of drug-likeness (QED) is 0.901. The van der Waals surface area contributed by atoms with Gasteiger partial charge in [0, 0.05) is 37.2 Å². The molecular weight excluding hydrogens is 311 g/mol. The Balaban J connectivity index is 1.71. The Morgan fingerprint density at radius 3 is 2.83 bits per heavy atom. The Morgan fingerprint density at radius 2 is 2.17 bits per heavy atom. The van der Waals surface area contributed by atoms with Gasteiger partial charge in [-0.05, 0) is 30.9 Å². The molecule has 2 heterocycles. The van der Waals surface area contributed by atoms with Crippen LogP contribution in [-0.4, -0.2) is 34.7 Å². The summed E-state index contributed by atoms with van der Waals surface area (Å²) in [5.74, 6) is -0.395. The summed E-state index contributed by atoms with van der Waals surface area (Å²) in [6, 6.07) is 1.38. The van der Waals surface area contributed by atoms with Crippen LogP contribution in [0.5, 0.6) is 5.75 Å². The van der Waals surface area contributed by atoms with Gasteiger partial charge in [0.2, 0.25) is 5.91 Å². The van der Waals surface area contributed by atoms with Crippen molar-refractivity contribution in [2.75, 3.05) is 6.54 Å². The van der Waals surface area contributed by atoms with Gasteiger partial charge in [-0.2, -0.15) is 0 Å². The zero-order valence-corrected chi connectivity index (χ0v) is 12.5. The molecule has 23 heavy (non-hydrogen) atoms. The van der Waals surface area contributed by atoms with Crippen LogP contribution in [0.4, 0.5) is 13.2 Å². The fourth-order valence-corrected chi connectivity index (χ4v) is 3.28. The minimum atomic E-state index is -4.75. The standard InChI is InChI=1S/C15H18F3N3O2/c16-15(17,18)23-12-6-10-8-21(4-3-13(10)20-7-12)14(22)9-1-2-11(19)5-9/h6-7,9,11H,1-5,8,19H2. The van der Waals surface area contributed by atoms with E-state index in [1.807, 2.05) is 0 Å². The topological polar surface area (TPSA) is 68.5 Å². The van der Waals surface area contributed by atoms with Crippen LogP contribution in [0.25, 0.3) is 0 Å². The van der Waals surface area contributed by atoms with Gasteiger partial charge in [-0.3, -0.25) is 9.78 Å². The van der Waals surface area contributed by atoms with Crippen LogP contribution in [0.3, 0.4) is 0 Å². The first-order valence-corrected chi connectivity index (χ1v) is 7.60. The van der Waals surface area contributed by atoms with Crippen molar-refractivity contribution in [3.05, 3.63) is 23.5 Å². The fourth-order valence-electron chi connectivity index (χ4n) is 3.28. The van der Waals surface area contributed by atoms with E-state index < -0.39 is 6.36 Å². The second kappa shape index (κ2) is 5.99. The summed E-state index contributed by atoms with van der Waals surface area (Å²) in [4.78, 5) is 18.2. The third-order valence-electron chi connectivity index (χ3n) is 4.38. The van der Waals surface area contributed by atoms with Gasteiger partial charge >= 0.3 is 6.36 Å². The number of alkyl halides is 3. The van der Waals surface area contributed by atoms with Crippen molar-refractivity contribution in [2.24, 2.45) is 11.7 Å². The largest absolute Gasteiger partial charge is 0.573 e. The van der Waals surface area contributed by atoms with Crippen LogP contribution in [-0.2, 0) is 17.8 Å². The molecule has 0 bridgehead atoms. The number of fused-ring (bicyclic) bond motifs is 1. The highest BCUT2D eigenvalue weighted by Crippen LogP contribution is 2.30. The molecule has 1 fully saturated rings. The Kier molecular flexibility index (Phi) is 4.18. The molecule has 1 amide bonds. The van der Waals surface area contributed by atoms with Gasteiger partial charge in [0.15, 0.2) is 0 Å². The molecule has 1 aliphatic carbocycles. The molecule has 126 valence electrons.